The van der Waals surface area contributed by atoms with Crippen LogP contribution in [-0.2, 0) is 0 Å². The van der Waals surface area contributed by atoms with E-state index in [1.807, 2.05) is 12.1 Å². The fraction of sp³-hybridized carbons (Fsp3) is 0.667. The van der Waals surface area contributed by atoms with Crippen molar-refractivity contribution in [3.05, 3.63) is 29.8 Å². The van der Waals surface area contributed by atoms with Crippen LogP contribution < -0.4 is 10.5 Å². The number of rotatable bonds is 6. The second-order valence-electron chi connectivity index (χ2n) is 6.22. The molecule has 0 saturated heterocycles. The lowest BCUT2D eigenvalue weighted by atomic mass is 9.75. The molecule has 1 fully saturated rings. The lowest BCUT2D eigenvalue weighted by molar-refractivity contribution is 0.232. The van der Waals surface area contributed by atoms with Crippen molar-refractivity contribution in [2.45, 2.75) is 57.9 Å². The Labute approximate surface area is 123 Å². The third-order valence-corrected chi connectivity index (χ3v) is 4.87. The predicted molar refractivity (Wildman–Crippen MR) is 84.9 cm³/mol. The fourth-order valence-corrected chi connectivity index (χ4v) is 3.43. The van der Waals surface area contributed by atoms with Gasteiger partial charge in [0.25, 0.3) is 0 Å². The molecule has 0 bridgehead atoms. The summed E-state index contributed by atoms with van der Waals surface area (Å²) in [5.41, 5.74) is 7.72. The van der Waals surface area contributed by atoms with Gasteiger partial charge in [-0.1, -0.05) is 51.2 Å². The Hall–Kier alpha value is -1.02. The molecule has 0 heterocycles. The lowest BCUT2D eigenvalue weighted by Crippen LogP contribution is -2.26. The molecular formula is C18H29NO. The molecular weight excluding hydrogens is 246 g/mol. The molecule has 1 atom stereocenters. The first-order chi connectivity index (χ1) is 9.74. The monoisotopic (exact) mass is 275 g/mol. The van der Waals surface area contributed by atoms with Gasteiger partial charge < -0.3 is 10.5 Å². The Morgan fingerprint density at radius 1 is 1.15 bits per heavy atom. The Balaban J connectivity index is 1.85. The summed E-state index contributed by atoms with van der Waals surface area (Å²) in [5.74, 6) is 2.51. The van der Waals surface area contributed by atoms with Crippen molar-refractivity contribution >= 4 is 0 Å². The summed E-state index contributed by atoms with van der Waals surface area (Å²) < 4.78 is 5.21. The quantitative estimate of drug-likeness (QED) is 0.817. The number of nitrogens with two attached hydrogens (primary N) is 1. The van der Waals surface area contributed by atoms with Gasteiger partial charge in [0, 0.05) is 6.04 Å². The molecule has 0 amide bonds. The number of ether oxygens (including phenoxy) is 1. The Morgan fingerprint density at radius 3 is 2.35 bits per heavy atom. The highest BCUT2D eigenvalue weighted by Crippen LogP contribution is 2.37. The van der Waals surface area contributed by atoms with Crippen molar-refractivity contribution in [2.75, 3.05) is 7.11 Å². The summed E-state index contributed by atoms with van der Waals surface area (Å²) in [6.07, 6.45) is 9.46. The second kappa shape index (κ2) is 7.68. The first-order valence-electron chi connectivity index (χ1n) is 8.14. The van der Waals surface area contributed by atoms with Crippen LogP contribution in [0.25, 0.3) is 0 Å². The zero-order chi connectivity index (χ0) is 14.4. The molecule has 1 unspecified atom stereocenters. The summed E-state index contributed by atoms with van der Waals surface area (Å²) in [5, 5.41) is 0. The highest BCUT2D eigenvalue weighted by molar-refractivity contribution is 5.29. The van der Waals surface area contributed by atoms with E-state index in [1.54, 1.807) is 7.11 Å². The molecule has 1 aliphatic carbocycles. The minimum Gasteiger partial charge on any atom is -0.497 e. The van der Waals surface area contributed by atoms with E-state index < -0.39 is 0 Å². The average Bonchev–Trinajstić information content (AvgIpc) is 2.53. The van der Waals surface area contributed by atoms with E-state index in [9.17, 15) is 0 Å². The van der Waals surface area contributed by atoms with Crippen LogP contribution in [0.5, 0.6) is 5.75 Å². The Kier molecular flexibility index (Phi) is 5.90. The van der Waals surface area contributed by atoms with E-state index in [2.05, 4.69) is 19.1 Å². The third kappa shape index (κ3) is 3.99. The van der Waals surface area contributed by atoms with Crippen LogP contribution in [0.2, 0.25) is 0 Å². The van der Waals surface area contributed by atoms with Crippen molar-refractivity contribution in [3.8, 4) is 5.75 Å². The zero-order valence-electron chi connectivity index (χ0n) is 13.0. The maximum atomic E-state index is 6.47. The van der Waals surface area contributed by atoms with Crippen LogP contribution in [0, 0.1) is 11.8 Å². The summed E-state index contributed by atoms with van der Waals surface area (Å²) in [6.45, 7) is 2.28. The molecule has 0 radical (unpaired) electrons. The van der Waals surface area contributed by atoms with Crippen LogP contribution >= 0.6 is 0 Å². The maximum Gasteiger partial charge on any atom is 0.118 e. The second-order valence-corrected chi connectivity index (χ2v) is 6.22. The summed E-state index contributed by atoms with van der Waals surface area (Å²) in [7, 11) is 1.70. The maximum absolute atomic E-state index is 6.47. The van der Waals surface area contributed by atoms with Crippen molar-refractivity contribution in [3.63, 3.8) is 0 Å². The van der Waals surface area contributed by atoms with Gasteiger partial charge in [0.1, 0.15) is 5.75 Å². The zero-order valence-corrected chi connectivity index (χ0v) is 13.0. The van der Waals surface area contributed by atoms with Crippen molar-refractivity contribution in [1.82, 2.24) is 0 Å². The minimum atomic E-state index is 0.188. The molecule has 2 nitrogen and oxygen atoms in total. The number of unbranched alkanes of at least 4 members (excludes halogenated alkanes) is 1. The molecule has 1 aromatic carbocycles. The standard InChI is InChI=1S/C18H29NO/c1-3-4-5-14-6-8-15(9-7-14)18(19)16-10-12-17(20-2)13-11-16/h10-15,18H,3-9,19H2,1-2H3. The van der Waals surface area contributed by atoms with Gasteiger partial charge in [-0.15, -0.1) is 0 Å². The van der Waals surface area contributed by atoms with Gasteiger partial charge in [0.2, 0.25) is 0 Å². The van der Waals surface area contributed by atoms with Gasteiger partial charge in [-0.2, -0.15) is 0 Å². The van der Waals surface area contributed by atoms with E-state index in [0.29, 0.717) is 5.92 Å². The van der Waals surface area contributed by atoms with Gasteiger partial charge in [-0.3, -0.25) is 0 Å². The van der Waals surface area contributed by atoms with E-state index in [-0.39, 0.29) is 6.04 Å². The number of benzene rings is 1. The van der Waals surface area contributed by atoms with Crippen molar-refractivity contribution < 1.29 is 4.74 Å². The Morgan fingerprint density at radius 2 is 1.80 bits per heavy atom. The highest BCUT2D eigenvalue weighted by atomic mass is 16.5. The first kappa shape index (κ1) is 15.4. The van der Waals surface area contributed by atoms with E-state index in [0.717, 1.165) is 11.7 Å². The normalized spacial score (nSPS) is 24.4. The minimum absolute atomic E-state index is 0.188. The van der Waals surface area contributed by atoms with Crippen LogP contribution in [-0.4, -0.2) is 7.11 Å². The molecule has 1 aliphatic rings. The molecule has 2 rings (SSSR count). The third-order valence-electron chi connectivity index (χ3n) is 4.87. The number of methoxy groups -OCH3 is 1. The topological polar surface area (TPSA) is 35.2 Å². The molecule has 2 heteroatoms. The molecule has 2 N–H and O–H groups in total. The van der Waals surface area contributed by atoms with Gasteiger partial charge >= 0.3 is 0 Å². The van der Waals surface area contributed by atoms with Crippen molar-refractivity contribution in [1.29, 1.82) is 0 Å². The molecule has 1 saturated carbocycles. The Bertz CT molecular complexity index is 379. The van der Waals surface area contributed by atoms with Crippen LogP contribution in [0.3, 0.4) is 0 Å². The van der Waals surface area contributed by atoms with Crippen LogP contribution in [0.15, 0.2) is 24.3 Å². The highest BCUT2D eigenvalue weighted by Gasteiger charge is 2.26. The summed E-state index contributed by atoms with van der Waals surface area (Å²) in [4.78, 5) is 0. The van der Waals surface area contributed by atoms with Gasteiger partial charge in [-0.25, -0.2) is 0 Å². The summed E-state index contributed by atoms with van der Waals surface area (Å²) in [6, 6.07) is 8.46. The van der Waals surface area contributed by atoms with Crippen molar-refractivity contribution in [2.24, 2.45) is 17.6 Å². The van der Waals surface area contributed by atoms with Gasteiger partial charge in [-0.05, 0) is 42.4 Å². The van der Waals surface area contributed by atoms with Crippen LogP contribution in [0.4, 0.5) is 0 Å². The number of hydrogen-bond acceptors (Lipinski definition) is 2. The predicted octanol–water partition coefficient (Wildman–Crippen LogP) is 4.69. The largest absolute Gasteiger partial charge is 0.497 e. The smallest absolute Gasteiger partial charge is 0.118 e. The average molecular weight is 275 g/mol. The van der Waals surface area contributed by atoms with E-state index in [1.165, 1.54) is 50.5 Å². The van der Waals surface area contributed by atoms with Gasteiger partial charge in [0.15, 0.2) is 0 Å². The van der Waals surface area contributed by atoms with E-state index in [4.69, 9.17) is 10.5 Å². The molecule has 0 aromatic heterocycles. The SMILES string of the molecule is CCCCC1CCC(C(N)c2ccc(OC)cc2)CC1. The summed E-state index contributed by atoms with van der Waals surface area (Å²) >= 11 is 0. The molecule has 1 aromatic rings. The van der Waals surface area contributed by atoms with Crippen LogP contribution in [0.1, 0.15) is 63.5 Å². The van der Waals surface area contributed by atoms with E-state index >= 15 is 0 Å². The molecule has 0 spiro atoms. The first-order valence-corrected chi connectivity index (χ1v) is 8.14. The molecule has 0 aliphatic heterocycles. The number of hydrogen-bond donors (Lipinski definition) is 1. The van der Waals surface area contributed by atoms with Gasteiger partial charge in [0.05, 0.1) is 7.11 Å². The fourth-order valence-electron chi connectivity index (χ4n) is 3.43. The molecule has 20 heavy (non-hydrogen) atoms. The molecule has 112 valence electrons. The lowest BCUT2D eigenvalue weighted by Gasteiger charge is -2.32.